The number of amides is 2. The average Bonchev–Trinajstić information content (AvgIpc) is 2.82. The summed E-state index contributed by atoms with van der Waals surface area (Å²) < 4.78 is 0. The molecule has 118 valence electrons. The molecule has 6 heteroatoms. The van der Waals surface area contributed by atoms with Gasteiger partial charge >= 0.3 is 5.97 Å². The van der Waals surface area contributed by atoms with Crippen molar-refractivity contribution in [2.24, 2.45) is 0 Å². The van der Waals surface area contributed by atoms with E-state index in [1.165, 1.54) is 11.8 Å². The maximum absolute atomic E-state index is 12.2. The molecule has 0 aromatic heterocycles. The Balaban J connectivity index is 2.07. The zero-order valence-electron chi connectivity index (χ0n) is 12.7. The van der Waals surface area contributed by atoms with Crippen LogP contribution in [0.15, 0.2) is 24.3 Å². The lowest BCUT2D eigenvalue weighted by molar-refractivity contribution is -0.142. The predicted octanol–water partition coefficient (Wildman–Crippen LogP) is 1.08. The van der Waals surface area contributed by atoms with Crippen LogP contribution < -0.4 is 5.32 Å². The van der Waals surface area contributed by atoms with Crippen LogP contribution in [0.25, 0.3) is 0 Å². The van der Waals surface area contributed by atoms with E-state index in [1.54, 1.807) is 0 Å². The molecule has 1 aromatic carbocycles. The van der Waals surface area contributed by atoms with Gasteiger partial charge in [-0.2, -0.15) is 0 Å². The van der Waals surface area contributed by atoms with Crippen LogP contribution in [-0.4, -0.2) is 39.9 Å². The van der Waals surface area contributed by atoms with Crippen molar-refractivity contribution >= 4 is 17.8 Å². The molecule has 0 bridgehead atoms. The molecule has 1 aromatic rings. The van der Waals surface area contributed by atoms with Crippen LogP contribution >= 0.6 is 0 Å². The number of nitrogens with one attached hydrogen (secondary N) is 1. The molecule has 22 heavy (non-hydrogen) atoms. The summed E-state index contributed by atoms with van der Waals surface area (Å²) in [6, 6.07) is 6.19. The maximum Gasteiger partial charge on any atom is 0.325 e. The molecule has 1 aliphatic heterocycles. The summed E-state index contributed by atoms with van der Waals surface area (Å²) in [6.07, 6.45) is 0.730. The normalized spacial score (nSPS) is 19.1. The van der Waals surface area contributed by atoms with Gasteiger partial charge in [0.15, 0.2) is 0 Å². The van der Waals surface area contributed by atoms with Crippen LogP contribution in [0.2, 0.25) is 0 Å². The number of carbonyl (C=O) groups is 3. The average molecular weight is 304 g/mol. The van der Waals surface area contributed by atoms with Crippen molar-refractivity contribution in [3.8, 4) is 0 Å². The topological polar surface area (TPSA) is 86.7 Å². The fourth-order valence-electron chi connectivity index (χ4n) is 2.47. The fourth-order valence-corrected chi connectivity index (χ4v) is 2.47. The Labute approximate surface area is 129 Å². The highest BCUT2D eigenvalue weighted by Gasteiger charge is 2.36. The first kappa shape index (κ1) is 16.0. The summed E-state index contributed by atoms with van der Waals surface area (Å²) in [6.45, 7) is 3.74. The molecular formula is C16H20N2O4. The molecule has 2 amide bonds. The van der Waals surface area contributed by atoms with Gasteiger partial charge < -0.3 is 15.3 Å². The largest absolute Gasteiger partial charge is 0.480 e. The number of hydrogen-bond donors (Lipinski definition) is 2. The second-order valence-electron chi connectivity index (χ2n) is 5.63. The third-order valence-electron chi connectivity index (χ3n) is 3.83. The molecular weight excluding hydrogens is 284 g/mol. The zero-order chi connectivity index (χ0) is 16.3. The van der Waals surface area contributed by atoms with E-state index in [0.29, 0.717) is 19.4 Å². The highest BCUT2D eigenvalue weighted by Crippen LogP contribution is 2.22. The molecule has 2 rings (SSSR count). The molecule has 2 atom stereocenters. The highest BCUT2D eigenvalue weighted by atomic mass is 16.4. The molecule has 0 radical (unpaired) electrons. The van der Waals surface area contributed by atoms with E-state index in [0.717, 1.165) is 11.1 Å². The van der Waals surface area contributed by atoms with Crippen molar-refractivity contribution in [1.29, 1.82) is 0 Å². The van der Waals surface area contributed by atoms with Gasteiger partial charge in [0.05, 0.1) is 0 Å². The molecule has 1 fully saturated rings. The molecule has 1 saturated heterocycles. The predicted molar refractivity (Wildman–Crippen MR) is 80.0 cm³/mol. The van der Waals surface area contributed by atoms with Gasteiger partial charge in [0.1, 0.15) is 12.1 Å². The van der Waals surface area contributed by atoms with Crippen molar-refractivity contribution in [3.63, 3.8) is 0 Å². The van der Waals surface area contributed by atoms with Crippen LogP contribution in [0, 0.1) is 6.92 Å². The fraction of sp³-hybridized carbons (Fsp3) is 0.438. The quantitative estimate of drug-likeness (QED) is 0.852. The number of carboxylic acid groups (broad SMARTS) is 1. The Morgan fingerprint density at radius 2 is 2.00 bits per heavy atom. The molecule has 2 unspecified atom stereocenters. The van der Waals surface area contributed by atoms with Crippen LogP contribution in [0.1, 0.15) is 30.9 Å². The Morgan fingerprint density at radius 1 is 1.36 bits per heavy atom. The Bertz CT molecular complexity index is 582. The summed E-state index contributed by atoms with van der Waals surface area (Å²) in [5.41, 5.74) is 2.08. The minimum absolute atomic E-state index is 0.0799. The van der Waals surface area contributed by atoms with E-state index in [4.69, 9.17) is 5.11 Å². The first-order valence-corrected chi connectivity index (χ1v) is 7.26. The summed E-state index contributed by atoms with van der Waals surface area (Å²) in [5, 5.41) is 11.3. The summed E-state index contributed by atoms with van der Waals surface area (Å²) in [5.74, 6) is -1.58. The molecule has 1 heterocycles. The second-order valence-corrected chi connectivity index (χ2v) is 5.63. The summed E-state index contributed by atoms with van der Waals surface area (Å²) in [4.78, 5) is 36.5. The van der Waals surface area contributed by atoms with Gasteiger partial charge in [0.25, 0.3) is 0 Å². The Kier molecular flexibility index (Phi) is 4.80. The van der Waals surface area contributed by atoms with Gasteiger partial charge in [0.2, 0.25) is 11.8 Å². The lowest BCUT2D eigenvalue weighted by Gasteiger charge is -2.25. The number of benzene rings is 1. The SMILES string of the molecule is Cc1ccc(CN2C(=O)CCC2C(=O)NC(C)C(=O)O)cc1. The van der Waals surface area contributed by atoms with Crippen molar-refractivity contribution in [3.05, 3.63) is 35.4 Å². The zero-order valence-corrected chi connectivity index (χ0v) is 12.7. The number of likely N-dealkylation sites (tertiary alicyclic amines) is 1. The lowest BCUT2D eigenvalue weighted by Crippen LogP contribution is -2.48. The number of aliphatic carboxylic acids is 1. The Hall–Kier alpha value is -2.37. The van der Waals surface area contributed by atoms with E-state index < -0.39 is 24.0 Å². The first-order valence-electron chi connectivity index (χ1n) is 7.26. The molecule has 0 spiro atoms. The number of carboxylic acids is 1. The van der Waals surface area contributed by atoms with E-state index >= 15 is 0 Å². The van der Waals surface area contributed by atoms with Gasteiger partial charge in [-0.05, 0) is 25.8 Å². The van der Waals surface area contributed by atoms with Gasteiger partial charge in [0, 0.05) is 13.0 Å². The van der Waals surface area contributed by atoms with Gasteiger partial charge in [-0.1, -0.05) is 29.8 Å². The van der Waals surface area contributed by atoms with Gasteiger partial charge in [-0.3, -0.25) is 14.4 Å². The minimum atomic E-state index is -1.09. The maximum atomic E-state index is 12.2. The van der Waals surface area contributed by atoms with Crippen LogP contribution in [0.3, 0.4) is 0 Å². The molecule has 0 aliphatic carbocycles. The summed E-state index contributed by atoms with van der Waals surface area (Å²) in [7, 11) is 0. The highest BCUT2D eigenvalue weighted by molar-refractivity contribution is 5.92. The molecule has 6 nitrogen and oxygen atoms in total. The van der Waals surface area contributed by atoms with Crippen molar-refractivity contribution in [2.45, 2.75) is 45.3 Å². The molecule has 0 saturated carbocycles. The number of rotatable bonds is 5. The Morgan fingerprint density at radius 3 is 2.59 bits per heavy atom. The third-order valence-corrected chi connectivity index (χ3v) is 3.83. The number of hydrogen-bond acceptors (Lipinski definition) is 3. The molecule has 1 aliphatic rings. The van der Waals surface area contributed by atoms with E-state index in [-0.39, 0.29) is 5.91 Å². The van der Waals surface area contributed by atoms with Gasteiger partial charge in [-0.25, -0.2) is 0 Å². The van der Waals surface area contributed by atoms with Crippen LogP contribution in [0.5, 0.6) is 0 Å². The smallest absolute Gasteiger partial charge is 0.325 e. The molecule has 2 N–H and O–H groups in total. The van der Waals surface area contributed by atoms with Crippen LogP contribution in [0.4, 0.5) is 0 Å². The summed E-state index contributed by atoms with van der Waals surface area (Å²) >= 11 is 0. The number of carbonyl (C=O) groups excluding carboxylic acids is 2. The van der Waals surface area contributed by atoms with E-state index in [9.17, 15) is 14.4 Å². The van der Waals surface area contributed by atoms with Crippen molar-refractivity contribution in [2.75, 3.05) is 0 Å². The van der Waals surface area contributed by atoms with E-state index in [2.05, 4.69) is 5.32 Å². The van der Waals surface area contributed by atoms with Gasteiger partial charge in [-0.15, -0.1) is 0 Å². The number of nitrogens with zero attached hydrogens (tertiary/aromatic N) is 1. The van der Waals surface area contributed by atoms with Crippen LogP contribution in [-0.2, 0) is 20.9 Å². The third kappa shape index (κ3) is 3.63. The van der Waals surface area contributed by atoms with Crippen molar-refractivity contribution < 1.29 is 19.5 Å². The van der Waals surface area contributed by atoms with Crippen molar-refractivity contribution in [1.82, 2.24) is 10.2 Å². The number of aryl methyl sites for hydroxylation is 1. The standard InChI is InChI=1S/C16H20N2O4/c1-10-3-5-12(6-4-10)9-18-13(7-8-14(18)19)15(20)17-11(2)16(21)22/h3-6,11,13H,7-9H2,1-2H3,(H,17,20)(H,21,22). The first-order chi connectivity index (χ1) is 10.4. The second kappa shape index (κ2) is 6.60. The minimum Gasteiger partial charge on any atom is -0.480 e. The monoisotopic (exact) mass is 304 g/mol. The lowest BCUT2D eigenvalue weighted by atomic mass is 10.1. The van der Waals surface area contributed by atoms with E-state index in [1.807, 2.05) is 31.2 Å².